The first-order valence-corrected chi connectivity index (χ1v) is 5.82. The molecule has 90 valence electrons. The highest BCUT2D eigenvalue weighted by atomic mass is 32.2. The Morgan fingerprint density at radius 2 is 1.88 bits per heavy atom. The molecule has 0 aliphatic rings. The molecule has 6 nitrogen and oxygen atoms in total. The van der Waals surface area contributed by atoms with E-state index in [1.807, 2.05) is 30.3 Å². The second kappa shape index (κ2) is 7.80. The smallest absolute Gasteiger partial charge is 0.292 e. The van der Waals surface area contributed by atoms with Crippen LogP contribution in [0.1, 0.15) is 5.56 Å². The number of carbonyl (C=O) groups is 1. The van der Waals surface area contributed by atoms with Gasteiger partial charge in [0, 0.05) is 6.54 Å². The molecule has 16 heavy (non-hydrogen) atoms. The average Bonchev–Trinajstić information content (AvgIpc) is 2.27. The topological polar surface area (TPSA) is 98.5 Å². The summed E-state index contributed by atoms with van der Waals surface area (Å²) < 4.78 is 27.0. The highest BCUT2D eigenvalue weighted by molar-refractivity contribution is 7.87. The van der Waals surface area contributed by atoms with Crippen LogP contribution in [0.4, 0.5) is 0 Å². The van der Waals surface area contributed by atoms with E-state index in [1.54, 1.807) is 0 Å². The van der Waals surface area contributed by atoms with Crippen molar-refractivity contribution >= 4 is 16.7 Å². The van der Waals surface area contributed by atoms with Crippen LogP contribution in [0.15, 0.2) is 30.3 Å². The van der Waals surface area contributed by atoms with Crippen LogP contribution in [0.5, 0.6) is 0 Å². The summed E-state index contributed by atoms with van der Waals surface area (Å²) >= 11 is 0. The molecule has 0 aromatic heterocycles. The molecule has 0 aliphatic heterocycles. The molecule has 7 heteroatoms. The van der Waals surface area contributed by atoms with Crippen molar-refractivity contribution in [3.05, 3.63) is 35.9 Å². The van der Waals surface area contributed by atoms with Gasteiger partial charge in [0.1, 0.15) is 0 Å². The molecule has 0 amide bonds. The molecule has 0 atom stereocenters. The number of nitrogens with two attached hydrogens (primary N) is 1. The standard InChI is InChI=1S/C7H10N2O2S.C2H4O2/c8-12(10,11)9-6-7-4-2-1-3-5-7;1-4-2-3/h1-5,9H,6H2,(H2,8,10,11);2H,1H3. The quantitative estimate of drug-likeness (QED) is 0.717. The Balaban J connectivity index is 0.000000487. The lowest BCUT2D eigenvalue weighted by atomic mass is 10.2. The Bertz CT molecular complexity index is 391. The summed E-state index contributed by atoms with van der Waals surface area (Å²) in [5.41, 5.74) is 0.881. The van der Waals surface area contributed by atoms with Gasteiger partial charge in [-0.15, -0.1) is 0 Å². The monoisotopic (exact) mass is 246 g/mol. The summed E-state index contributed by atoms with van der Waals surface area (Å²) in [6, 6.07) is 9.16. The van der Waals surface area contributed by atoms with E-state index in [4.69, 9.17) is 9.93 Å². The molecule has 0 unspecified atom stereocenters. The van der Waals surface area contributed by atoms with Crippen LogP contribution in [0, 0.1) is 0 Å². The first-order chi connectivity index (χ1) is 7.49. The van der Waals surface area contributed by atoms with Crippen molar-refractivity contribution < 1.29 is 17.9 Å². The van der Waals surface area contributed by atoms with E-state index in [9.17, 15) is 8.42 Å². The third-order valence-electron chi connectivity index (χ3n) is 1.42. The van der Waals surface area contributed by atoms with Crippen molar-refractivity contribution in [2.75, 3.05) is 7.11 Å². The van der Waals surface area contributed by atoms with Crippen molar-refractivity contribution in [2.45, 2.75) is 6.54 Å². The van der Waals surface area contributed by atoms with Crippen molar-refractivity contribution in [2.24, 2.45) is 5.14 Å². The molecule has 0 saturated carbocycles. The third kappa shape index (κ3) is 9.13. The summed E-state index contributed by atoms with van der Waals surface area (Å²) in [6.45, 7) is 0.611. The molecule has 1 rings (SSSR count). The van der Waals surface area contributed by atoms with Crippen LogP contribution in [-0.2, 0) is 26.3 Å². The maximum Gasteiger partial charge on any atom is 0.292 e. The van der Waals surface area contributed by atoms with Gasteiger partial charge in [-0.1, -0.05) is 30.3 Å². The van der Waals surface area contributed by atoms with E-state index in [-0.39, 0.29) is 6.54 Å². The largest absolute Gasteiger partial charge is 0.471 e. The zero-order chi connectivity index (χ0) is 12.4. The Hall–Kier alpha value is -1.44. The minimum Gasteiger partial charge on any atom is -0.471 e. The van der Waals surface area contributed by atoms with E-state index >= 15 is 0 Å². The van der Waals surface area contributed by atoms with Gasteiger partial charge in [0.25, 0.3) is 16.7 Å². The lowest BCUT2D eigenvalue weighted by Gasteiger charge is -2.00. The predicted octanol–water partition coefficient (Wildman–Crippen LogP) is -0.231. The highest BCUT2D eigenvalue weighted by Gasteiger charge is 1.99. The van der Waals surface area contributed by atoms with Crippen LogP contribution >= 0.6 is 0 Å². The summed E-state index contributed by atoms with van der Waals surface area (Å²) in [5.74, 6) is 0. The number of rotatable bonds is 4. The van der Waals surface area contributed by atoms with Crippen LogP contribution in [0.25, 0.3) is 0 Å². The number of hydrogen-bond acceptors (Lipinski definition) is 4. The number of nitrogens with one attached hydrogen (secondary N) is 1. The number of hydrogen-bond donors (Lipinski definition) is 2. The molecule has 0 spiro atoms. The van der Waals surface area contributed by atoms with Crippen molar-refractivity contribution in [3.8, 4) is 0 Å². The van der Waals surface area contributed by atoms with Crippen LogP contribution in [0.2, 0.25) is 0 Å². The maximum atomic E-state index is 10.5. The molecule has 0 bridgehead atoms. The van der Waals surface area contributed by atoms with E-state index in [1.165, 1.54) is 7.11 Å². The number of methoxy groups -OCH3 is 1. The van der Waals surface area contributed by atoms with Gasteiger partial charge in [-0.25, -0.2) is 5.14 Å². The zero-order valence-electron chi connectivity index (χ0n) is 8.79. The summed E-state index contributed by atoms with van der Waals surface area (Å²) in [5, 5.41) is 4.74. The maximum absolute atomic E-state index is 10.5. The normalized spacial score (nSPS) is 9.88. The Morgan fingerprint density at radius 1 is 1.38 bits per heavy atom. The van der Waals surface area contributed by atoms with Gasteiger partial charge < -0.3 is 4.74 Å². The number of carbonyl (C=O) groups excluding carboxylic acids is 1. The third-order valence-corrected chi connectivity index (χ3v) is 1.96. The number of benzene rings is 1. The van der Waals surface area contributed by atoms with E-state index < -0.39 is 10.2 Å². The molecular formula is C9H14N2O4S. The van der Waals surface area contributed by atoms with Crippen molar-refractivity contribution in [1.82, 2.24) is 4.72 Å². The second-order valence-electron chi connectivity index (χ2n) is 2.68. The molecule has 1 aromatic rings. The first-order valence-electron chi connectivity index (χ1n) is 4.27. The van der Waals surface area contributed by atoms with Gasteiger partial charge in [-0.2, -0.15) is 13.1 Å². The SMILES string of the molecule is COC=O.NS(=O)(=O)NCc1ccccc1. The van der Waals surface area contributed by atoms with Crippen LogP contribution in [0.3, 0.4) is 0 Å². The summed E-state index contributed by atoms with van der Waals surface area (Å²) in [4.78, 5) is 8.95. The van der Waals surface area contributed by atoms with Gasteiger partial charge in [0.05, 0.1) is 7.11 Å². The first kappa shape index (κ1) is 14.6. The van der Waals surface area contributed by atoms with Gasteiger partial charge in [0.2, 0.25) is 0 Å². The molecule has 0 radical (unpaired) electrons. The fraction of sp³-hybridized carbons (Fsp3) is 0.222. The number of ether oxygens (including phenoxy) is 1. The summed E-state index contributed by atoms with van der Waals surface area (Å²) in [6.07, 6.45) is 0. The summed E-state index contributed by atoms with van der Waals surface area (Å²) in [7, 11) is -2.26. The van der Waals surface area contributed by atoms with E-state index in [0.29, 0.717) is 6.47 Å². The molecule has 0 aliphatic carbocycles. The second-order valence-corrected chi connectivity index (χ2v) is 4.06. The van der Waals surface area contributed by atoms with Crippen LogP contribution < -0.4 is 9.86 Å². The van der Waals surface area contributed by atoms with Gasteiger partial charge >= 0.3 is 0 Å². The molecule has 0 heterocycles. The predicted molar refractivity (Wildman–Crippen MR) is 59.5 cm³/mol. The Kier molecular flexibility index (Phi) is 7.10. The minimum absolute atomic E-state index is 0.236. The Morgan fingerprint density at radius 3 is 2.25 bits per heavy atom. The molecular weight excluding hydrogens is 232 g/mol. The Labute approximate surface area is 94.6 Å². The molecule has 1 aromatic carbocycles. The van der Waals surface area contributed by atoms with Crippen LogP contribution in [-0.4, -0.2) is 22.0 Å². The molecule has 0 saturated heterocycles. The molecule has 3 N–H and O–H groups in total. The minimum atomic E-state index is -3.57. The lowest BCUT2D eigenvalue weighted by Crippen LogP contribution is -2.30. The van der Waals surface area contributed by atoms with Crippen molar-refractivity contribution in [1.29, 1.82) is 0 Å². The fourth-order valence-corrected chi connectivity index (χ4v) is 1.15. The lowest BCUT2D eigenvalue weighted by molar-refractivity contribution is -0.126. The van der Waals surface area contributed by atoms with Gasteiger partial charge in [-0.05, 0) is 5.56 Å². The average molecular weight is 246 g/mol. The van der Waals surface area contributed by atoms with Gasteiger partial charge in [0.15, 0.2) is 0 Å². The zero-order valence-corrected chi connectivity index (χ0v) is 9.61. The van der Waals surface area contributed by atoms with Gasteiger partial charge in [-0.3, -0.25) is 4.79 Å². The van der Waals surface area contributed by atoms with E-state index in [0.717, 1.165) is 5.56 Å². The van der Waals surface area contributed by atoms with Crippen molar-refractivity contribution in [3.63, 3.8) is 0 Å². The fourth-order valence-electron chi connectivity index (χ4n) is 0.780. The highest BCUT2D eigenvalue weighted by Crippen LogP contribution is 1.96. The molecule has 0 fully saturated rings. The van der Waals surface area contributed by atoms with E-state index in [2.05, 4.69) is 9.46 Å².